The fourth-order valence-electron chi connectivity index (χ4n) is 2.46. The first-order valence-corrected chi connectivity index (χ1v) is 6.58. The monoisotopic (exact) mass is 287 g/mol. The SMILES string of the molecule is O=C(CC1CCCC1)Nc1ccccc1OC(F)(F)F. The van der Waals surface area contributed by atoms with Crippen molar-refractivity contribution in [3.05, 3.63) is 24.3 Å². The van der Waals surface area contributed by atoms with Crippen LogP contribution in [-0.2, 0) is 4.79 Å². The van der Waals surface area contributed by atoms with Gasteiger partial charge in [-0.15, -0.1) is 13.2 Å². The highest BCUT2D eigenvalue weighted by atomic mass is 19.4. The standard InChI is InChI=1S/C14H16F3NO2/c15-14(16,17)20-12-8-4-3-7-11(12)18-13(19)9-10-5-1-2-6-10/h3-4,7-8,10H,1-2,5-6,9H2,(H,18,19). The summed E-state index contributed by atoms with van der Waals surface area (Å²) in [6.07, 6.45) is -0.174. The van der Waals surface area contributed by atoms with Gasteiger partial charge >= 0.3 is 6.36 Å². The molecular formula is C14H16F3NO2. The van der Waals surface area contributed by atoms with E-state index in [2.05, 4.69) is 10.1 Å². The summed E-state index contributed by atoms with van der Waals surface area (Å²) in [7, 11) is 0. The van der Waals surface area contributed by atoms with Crippen LogP contribution in [0.25, 0.3) is 0 Å². The highest BCUT2D eigenvalue weighted by Gasteiger charge is 2.32. The Kier molecular flexibility index (Phi) is 4.52. The molecule has 6 heteroatoms. The number of rotatable bonds is 4. The van der Waals surface area contributed by atoms with E-state index in [0.717, 1.165) is 25.7 Å². The molecule has 0 spiro atoms. The molecule has 110 valence electrons. The van der Waals surface area contributed by atoms with Crippen LogP contribution < -0.4 is 10.1 Å². The van der Waals surface area contributed by atoms with Crippen molar-refractivity contribution >= 4 is 11.6 Å². The fourth-order valence-corrected chi connectivity index (χ4v) is 2.46. The topological polar surface area (TPSA) is 38.3 Å². The molecule has 0 saturated heterocycles. The lowest BCUT2D eigenvalue weighted by atomic mass is 10.0. The minimum Gasteiger partial charge on any atom is -0.404 e. The number of ether oxygens (including phenoxy) is 1. The second-order valence-corrected chi connectivity index (χ2v) is 4.95. The lowest BCUT2D eigenvalue weighted by Gasteiger charge is -2.14. The maximum absolute atomic E-state index is 12.3. The van der Waals surface area contributed by atoms with Gasteiger partial charge in [0.2, 0.25) is 5.91 Å². The molecule has 0 atom stereocenters. The highest BCUT2D eigenvalue weighted by molar-refractivity contribution is 5.92. The minimum absolute atomic E-state index is 0.0489. The number of alkyl halides is 3. The van der Waals surface area contributed by atoms with Crippen LogP contribution in [0.4, 0.5) is 18.9 Å². The average molecular weight is 287 g/mol. The van der Waals surface area contributed by atoms with Crippen LogP contribution >= 0.6 is 0 Å². The normalized spacial score (nSPS) is 16.1. The van der Waals surface area contributed by atoms with Crippen LogP contribution in [-0.4, -0.2) is 12.3 Å². The van der Waals surface area contributed by atoms with Gasteiger partial charge in [-0.1, -0.05) is 25.0 Å². The molecule has 1 aliphatic carbocycles. The predicted molar refractivity (Wildman–Crippen MR) is 68.3 cm³/mol. The fraction of sp³-hybridized carbons (Fsp3) is 0.500. The molecule has 0 bridgehead atoms. The molecule has 1 amide bonds. The maximum atomic E-state index is 12.3. The van der Waals surface area contributed by atoms with Crippen molar-refractivity contribution in [1.82, 2.24) is 0 Å². The van der Waals surface area contributed by atoms with Crippen molar-refractivity contribution in [1.29, 1.82) is 0 Å². The summed E-state index contributed by atoms with van der Waals surface area (Å²) in [5, 5.41) is 2.50. The van der Waals surface area contributed by atoms with Crippen LogP contribution in [0.1, 0.15) is 32.1 Å². The summed E-state index contributed by atoms with van der Waals surface area (Å²) in [5.41, 5.74) is 0.0489. The molecule has 1 N–H and O–H groups in total. The number of hydrogen-bond acceptors (Lipinski definition) is 2. The number of carbonyl (C=O) groups is 1. The first kappa shape index (κ1) is 14.7. The Hall–Kier alpha value is -1.72. The summed E-state index contributed by atoms with van der Waals surface area (Å²) in [5.74, 6) is -0.319. The first-order valence-electron chi connectivity index (χ1n) is 6.58. The van der Waals surface area contributed by atoms with Crippen molar-refractivity contribution in [3.8, 4) is 5.75 Å². The summed E-state index contributed by atoms with van der Waals surface area (Å²) in [4.78, 5) is 11.8. The van der Waals surface area contributed by atoms with Gasteiger partial charge in [-0.2, -0.15) is 0 Å². The Balaban J connectivity index is 1.99. The summed E-state index contributed by atoms with van der Waals surface area (Å²) >= 11 is 0. The first-order chi connectivity index (χ1) is 9.44. The molecule has 1 aliphatic rings. The molecule has 0 aromatic heterocycles. The third-order valence-electron chi connectivity index (χ3n) is 3.34. The zero-order valence-corrected chi connectivity index (χ0v) is 10.9. The lowest BCUT2D eigenvalue weighted by molar-refractivity contribution is -0.274. The maximum Gasteiger partial charge on any atom is 0.573 e. The molecule has 0 aliphatic heterocycles. The quantitative estimate of drug-likeness (QED) is 0.905. The predicted octanol–water partition coefficient (Wildman–Crippen LogP) is 4.10. The van der Waals surface area contributed by atoms with Crippen LogP contribution in [0.15, 0.2) is 24.3 Å². The van der Waals surface area contributed by atoms with E-state index in [1.165, 1.54) is 18.2 Å². The smallest absolute Gasteiger partial charge is 0.404 e. The summed E-state index contributed by atoms with van der Waals surface area (Å²) in [6.45, 7) is 0. The Labute approximate surface area is 115 Å². The molecular weight excluding hydrogens is 271 g/mol. The van der Waals surface area contributed by atoms with E-state index >= 15 is 0 Å². The molecule has 1 aromatic rings. The van der Waals surface area contributed by atoms with Crippen molar-refractivity contribution in [2.24, 2.45) is 5.92 Å². The Morgan fingerprint density at radius 2 is 1.90 bits per heavy atom. The number of halogens is 3. The molecule has 1 fully saturated rings. The minimum atomic E-state index is -4.77. The Morgan fingerprint density at radius 3 is 2.55 bits per heavy atom. The molecule has 20 heavy (non-hydrogen) atoms. The van der Waals surface area contributed by atoms with E-state index in [0.29, 0.717) is 12.3 Å². The van der Waals surface area contributed by atoms with Crippen molar-refractivity contribution in [2.45, 2.75) is 38.5 Å². The largest absolute Gasteiger partial charge is 0.573 e. The number of carbonyl (C=O) groups excluding carboxylic acids is 1. The van der Waals surface area contributed by atoms with Gasteiger partial charge in [-0.3, -0.25) is 4.79 Å². The van der Waals surface area contributed by atoms with Gasteiger partial charge in [0.1, 0.15) is 0 Å². The van der Waals surface area contributed by atoms with Crippen molar-refractivity contribution in [3.63, 3.8) is 0 Å². The van der Waals surface area contributed by atoms with E-state index < -0.39 is 6.36 Å². The molecule has 2 rings (SSSR count). The van der Waals surface area contributed by atoms with E-state index in [1.54, 1.807) is 6.07 Å². The molecule has 1 aromatic carbocycles. The molecule has 1 saturated carbocycles. The van der Waals surface area contributed by atoms with Gasteiger partial charge in [-0.25, -0.2) is 0 Å². The third kappa shape index (κ3) is 4.43. The Morgan fingerprint density at radius 1 is 1.25 bits per heavy atom. The van der Waals surface area contributed by atoms with E-state index in [-0.39, 0.29) is 17.3 Å². The second kappa shape index (κ2) is 6.15. The van der Waals surface area contributed by atoms with Gasteiger partial charge < -0.3 is 10.1 Å². The van der Waals surface area contributed by atoms with Gasteiger partial charge in [0.05, 0.1) is 5.69 Å². The Bertz CT molecular complexity index is 468. The number of nitrogens with one attached hydrogen (secondary N) is 1. The highest BCUT2D eigenvalue weighted by Crippen LogP contribution is 2.31. The van der Waals surface area contributed by atoms with E-state index in [9.17, 15) is 18.0 Å². The zero-order valence-electron chi connectivity index (χ0n) is 10.9. The number of benzene rings is 1. The van der Waals surface area contributed by atoms with E-state index in [4.69, 9.17) is 0 Å². The summed E-state index contributed by atoms with van der Waals surface area (Å²) in [6, 6.07) is 5.55. The second-order valence-electron chi connectivity index (χ2n) is 4.95. The molecule has 0 heterocycles. The molecule has 3 nitrogen and oxygen atoms in total. The van der Waals surface area contributed by atoms with Crippen molar-refractivity contribution in [2.75, 3.05) is 5.32 Å². The van der Waals surface area contributed by atoms with Crippen LogP contribution in [0.2, 0.25) is 0 Å². The van der Waals surface area contributed by atoms with Crippen LogP contribution in [0.3, 0.4) is 0 Å². The lowest BCUT2D eigenvalue weighted by Crippen LogP contribution is -2.20. The third-order valence-corrected chi connectivity index (χ3v) is 3.34. The van der Waals surface area contributed by atoms with Gasteiger partial charge in [0, 0.05) is 6.42 Å². The van der Waals surface area contributed by atoms with Gasteiger partial charge in [-0.05, 0) is 30.9 Å². The zero-order chi connectivity index (χ0) is 14.6. The average Bonchev–Trinajstić information content (AvgIpc) is 2.82. The molecule has 0 unspecified atom stereocenters. The van der Waals surface area contributed by atoms with Gasteiger partial charge in [0.15, 0.2) is 5.75 Å². The number of anilines is 1. The summed E-state index contributed by atoms with van der Waals surface area (Å²) < 4.78 is 40.6. The van der Waals surface area contributed by atoms with Crippen molar-refractivity contribution < 1.29 is 22.7 Å². The van der Waals surface area contributed by atoms with E-state index in [1.807, 2.05) is 0 Å². The van der Waals surface area contributed by atoms with Crippen LogP contribution in [0, 0.1) is 5.92 Å². The number of amides is 1. The number of para-hydroxylation sites is 2. The van der Waals surface area contributed by atoms with Gasteiger partial charge in [0.25, 0.3) is 0 Å². The van der Waals surface area contributed by atoms with Crippen LogP contribution in [0.5, 0.6) is 5.75 Å². The number of hydrogen-bond donors (Lipinski definition) is 1. The molecule has 0 radical (unpaired) electrons.